The smallest absolute Gasteiger partial charge is 0.278 e. The molecular weight excluding hydrogens is 292 g/mol. The molecule has 1 aromatic rings. The van der Waals surface area contributed by atoms with Gasteiger partial charge in [0.15, 0.2) is 0 Å². The highest BCUT2D eigenvalue weighted by Crippen LogP contribution is 2.18. The van der Waals surface area contributed by atoms with E-state index in [0.717, 1.165) is 0 Å². The van der Waals surface area contributed by atoms with Crippen LogP contribution in [0.5, 0.6) is 5.75 Å². The molecule has 0 unspecified atom stereocenters. The molecule has 9 nitrogen and oxygen atoms in total. The van der Waals surface area contributed by atoms with Gasteiger partial charge in [-0.3, -0.25) is 25.0 Å². The van der Waals surface area contributed by atoms with E-state index >= 15 is 0 Å². The molecule has 0 aliphatic heterocycles. The van der Waals surface area contributed by atoms with Crippen LogP contribution in [-0.4, -0.2) is 28.0 Å². The summed E-state index contributed by atoms with van der Waals surface area (Å²) in [6.07, 6.45) is 0.704. The van der Waals surface area contributed by atoms with E-state index in [1.807, 2.05) is 5.43 Å². The van der Waals surface area contributed by atoms with Crippen LogP contribution in [0.1, 0.15) is 35.2 Å². The Morgan fingerprint density at radius 3 is 2.41 bits per heavy atom. The standard InChI is InChI=1S/C13H18N4O5/c14-16-12(20)3-1-2-11(19)15-7-8-4-5-9(10(18)6-8)13(21)17-22/h4-6,18,22H,1-3,7,14H2,(H,15,19)(H,16,20)(H,17,21). The van der Waals surface area contributed by atoms with E-state index in [-0.39, 0.29) is 42.5 Å². The van der Waals surface area contributed by atoms with Gasteiger partial charge >= 0.3 is 0 Å². The molecule has 3 amide bonds. The minimum absolute atomic E-state index is 0.0784. The van der Waals surface area contributed by atoms with Crippen molar-refractivity contribution >= 4 is 17.7 Å². The van der Waals surface area contributed by atoms with Crippen molar-refractivity contribution < 1.29 is 24.7 Å². The van der Waals surface area contributed by atoms with Crippen LogP contribution in [0.2, 0.25) is 0 Å². The molecule has 9 heteroatoms. The van der Waals surface area contributed by atoms with Crippen LogP contribution in [0, 0.1) is 0 Å². The largest absolute Gasteiger partial charge is 0.507 e. The van der Waals surface area contributed by atoms with Gasteiger partial charge < -0.3 is 10.4 Å². The molecule has 1 aromatic carbocycles. The first-order valence-electron chi connectivity index (χ1n) is 6.50. The molecule has 22 heavy (non-hydrogen) atoms. The number of carbonyl (C=O) groups excluding carboxylic acids is 3. The fourth-order valence-electron chi connectivity index (χ4n) is 1.71. The Morgan fingerprint density at radius 2 is 1.82 bits per heavy atom. The second-order valence-corrected chi connectivity index (χ2v) is 4.49. The Bertz CT molecular complexity index is 561. The molecule has 0 aliphatic rings. The molecule has 0 saturated heterocycles. The first-order chi connectivity index (χ1) is 10.5. The molecule has 0 spiro atoms. The lowest BCUT2D eigenvalue weighted by Gasteiger charge is -2.08. The number of carbonyl (C=O) groups is 3. The predicted octanol–water partition coefficient (Wildman–Crippen LogP) is -0.712. The van der Waals surface area contributed by atoms with E-state index in [9.17, 15) is 19.5 Å². The molecule has 7 N–H and O–H groups in total. The van der Waals surface area contributed by atoms with E-state index in [1.165, 1.54) is 23.7 Å². The monoisotopic (exact) mass is 310 g/mol. The van der Waals surface area contributed by atoms with Gasteiger partial charge in [0, 0.05) is 19.4 Å². The lowest BCUT2D eigenvalue weighted by Crippen LogP contribution is -2.30. The Labute approximate surface area is 126 Å². The predicted molar refractivity (Wildman–Crippen MR) is 75.4 cm³/mol. The minimum Gasteiger partial charge on any atom is -0.507 e. The fourth-order valence-corrected chi connectivity index (χ4v) is 1.71. The summed E-state index contributed by atoms with van der Waals surface area (Å²) in [6.45, 7) is 0.163. The van der Waals surface area contributed by atoms with Crippen molar-refractivity contribution in [2.24, 2.45) is 5.84 Å². The average molecular weight is 310 g/mol. The number of amides is 3. The topological polar surface area (TPSA) is 154 Å². The van der Waals surface area contributed by atoms with E-state index in [1.54, 1.807) is 0 Å². The lowest BCUT2D eigenvalue weighted by molar-refractivity contribution is -0.122. The first-order valence-corrected chi connectivity index (χ1v) is 6.50. The van der Waals surface area contributed by atoms with Crippen LogP contribution in [0.15, 0.2) is 18.2 Å². The van der Waals surface area contributed by atoms with Gasteiger partial charge in [0.1, 0.15) is 5.75 Å². The zero-order valence-corrected chi connectivity index (χ0v) is 11.8. The molecule has 0 heterocycles. The number of hydrogen-bond donors (Lipinski definition) is 6. The summed E-state index contributed by atoms with van der Waals surface area (Å²) in [5.41, 5.74) is 3.90. The number of hydrogen-bond acceptors (Lipinski definition) is 6. The number of hydroxylamine groups is 1. The van der Waals surface area contributed by atoms with Gasteiger partial charge in [0.2, 0.25) is 11.8 Å². The second-order valence-electron chi connectivity index (χ2n) is 4.49. The number of phenolic OH excluding ortho intramolecular Hbond substituents is 1. The quantitative estimate of drug-likeness (QED) is 0.169. The van der Waals surface area contributed by atoms with Gasteiger partial charge in [-0.2, -0.15) is 0 Å². The van der Waals surface area contributed by atoms with Crippen LogP contribution in [0.25, 0.3) is 0 Å². The molecule has 0 aliphatic carbocycles. The van der Waals surface area contributed by atoms with Crippen LogP contribution >= 0.6 is 0 Å². The van der Waals surface area contributed by atoms with Crippen LogP contribution in [0.3, 0.4) is 0 Å². The lowest BCUT2D eigenvalue weighted by atomic mass is 10.1. The molecule has 0 saturated carbocycles. The SMILES string of the molecule is NNC(=O)CCCC(=O)NCc1ccc(C(=O)NO)c(O)c1. The van der Waals surface area contributed by atoms with Crippen molar-refractivity contribution in [1.82, 2.24) is 16.2 Å². The van der Waals surface area contributed by atoms with Gasteiger partial charge in [-0.1, -0.05) is 6.07 Å². The van der Waals surface area contributed by atoms with Crippen molar-refractivity contribution in [2.45, 2.75) is 25.8 Å². The third-order valence-electron chi connectivity index (χ3n) is 2.87. The molecule has 120 valence electrons. The fraction of sp³-hybridized carbons (Fsp3) is 0.308. The molecule has 0 bridgehead atoms. The number of nitrogens with two attached hydrogens (primary N) is 1. The Kier molecular flexibility index (Phi) is 6.80. The summed E-state index contributed by atoms with van der Waals surface area (Å²) in [7, 11) is 0. The minimum atomic E-state index is -0.828. The number of benzene rings is 1. The number of hydrazine groups is 1. The van der Waals surface area contributed by atoms with Gasteiger partial charge in [0.05, 0.1) is 5.56 Å². The van der Waals surface area contributed by atoms with E-state index in [2.05, 4.69) is 5.32 Å². The van der Waals surface area contributed by atoms with Crippen LogP contribution in [0.4, 0.5) is 0 Å². The third kappa shape index (κ3) is 5.38. The zero-order valence-electron chi connectivity index (χ0n) is 11.8. The molecule has 0 radical (unpaired) electrons. The molecule has 0 aromatic heterocycles. The Morgan fingerprint density at radius 1 is 1.14 bits per heavy atom. The van der Waals surface area contributed by atoms with Gasteiger partial charge in [-0.15, -0.1) is 0 Å². The van der Waals surface area contributed by atoms with Gasteiger partial charge in [-0.05, 0) is 24.1 Å². The van der Waals surface area contributed by atoms with E-state index in [0.29, 0.717) is 12.0 Å². The number of rotatable bonds is 7. The summed E-state index contributed by atoms with van der Waals surface area (Å²) in [4.78, 5) is 33.6. The Balaban J connectivity index is 2.44. The van der Waals surface area contributed by atoms with Crippen molar-refractivity contribution in [1.29, 1.82) is 0 Å². The highest BCUT2D eigenvalue weighted by Gasteiger charge is 2.11. The molecule has 1 rings (SSSR count). The summed E-state index contributed by atoms with van der Waals surface area (Å²) in [5.74, 6) is 3.19. The highest BCUT2D eigenvalue weighted by atomic mass is 16.5. The number of aromatic hydroxyl groups is 1. The average Bonchev–Trinajstić information content (AvgIpc) is 2.52. The van der Waals surface area contributed by atoms with Crippen LogP contribution in [-0.2, 0) is 16.1 Å². The van der Waals surface area contributed by atoms with E-state index in [4.69, 9.17) is 11.0 Å². The van der Waals surface area contributed by atoms with Crippen molar-refractivity contribution in [3.8, 4) is 5.75 Å². The number of phenols is 1. The zero-order chi connectivity index (χ0) is 16.5. The molecule has 0 fully saturated rings. The third-order valence-corrected chi connectivity index (χ3v) is 2.87. The van der Waals surface area contributed by atoms with E-state index < -0.39 is 5.91 Å². The van der Waals surface area contributed by atoms with Crippen molar-refractivity contribution in [2.75, 3.05) is 0 Å². The highest BCUT2D eigenvalue weighted by molar-refractivity contribution is 5.96. The maximum atomic E-state index is 11.6. The first kappa shape index (κ1) is 17.4. The maximum absolute atomic E-state index is 11.6. The molecule has 0 atom stereocenters. The Hall–Kier alpha value is -2.65. The summed E-state index contributed by atoms with van der Waals surface area (Å²) in [6, 6.07) is 4.17. The van der Waals surface area contributed by atoms with Gasteiger partial charge in [-0.25, -0.2) is 11.3 Å². The second kappa shape index (κ2) is 8.60. The summed E-state index contributed by atoms with van der Waals surface area (Å²) < 4.78 is 0. The molecular formula is C13H18N4O5. The van der Waals surface area contributed by atoms with Gasteiger partial charge in [0.25, 0.3) is 5.91 Å². The normalized spacial score (nSPS) is 9.91. The summed E-state index contributed by atoms with van der Waals surface area (Å²) in [5, 5.41) is 20.8. The van der Waals surface area contributed by atoms with Crippen LogP contribution < -0.4 is 22.1 Å². The maximum Gasteiger partial charge on any atom is 0.278 e. The van der Waals surface area contributed by atoms with Crippen molar-refractivity contribution in [3.05, 3.63) is 29.3 Å². The van der Waals surface area contributed by atoms with Crippen molar-refractivity contribution in [3.63, 3.8) is 0 Å². The number of nitrogens with one attached hydrogen (secondary N) is 3. The summed E-state index contributed by atoms with van der Waals surface area (Å²) >= 11 is 0.